The first kappa shape index (κ1) is 11.0. The second kappa shape index (κ2) is 4.42. The van der Waals surface area contributed by atoms with E-state index < -0.39 is 11.6 Å². The summed E-state index contributed by atoms with van der Waals surface area (Å²) in [5, 5.41) is 9.04. The molecule has 76 valence electrons. The molecule has 0 aromatic heterocycles. The minimum atomic E-state index is -0.759. The van der Waals surface area contributed by atoms with Crippen LogP contribution in [0.4, 0.5) is 4.39 Å². The van der Waals surface area contributed by atoms with Crippen LogP contribution in [0.2, 0.25) is 5.02 Å². The lowest BCUT2D eigenvalue weighted by Gasteiger charge is -2.09. The summed E-state index contributed by atoms with van der Waals surface area (Å²) in [5.74, 6) is -1.40. The van der Waals surface area contributed by atoms with Gasteiger partial charge in [-0.1, -0.05) is 18.5 Å². The highest BCUT2D eigenvalue weighted by Gasteiger charge is 2.12. The van der Waals surface area contributed by atoms with Crippen LogP contribution in [-0.4, -0.2) is 11.4 Å². The second-order valence-electron chi connectivity index (χ2n) is 3.14. The van der Waals surface area contributed by atoms with Crippen LogP contribution >= 0.6 is 11.6 Å². The fourth-order valence-corrected chi connectivity index (χ4v) is 1.37. The first-order valence-electron chi connectivity index (χ1n) is 4.17. The molecule has 4 heteroatoms. The van der Waals surface area contributed by atoms with Crippen molar-refractivity contribution in [3.8, 4) is 5.75 Å². The molecule has 0 spiro atoms. The molecule has 0 aliphatic rings. The third kappa shape index (κ3) is 2.23. The molecule has 0 bridgehead atoms. The Morgan fingerprint density at radius 3 is 2.79 bits per heavy atom. The number of benzene rings is 1. The number of halogens is 2. The Morgan fingerprint density at radius 2 is 2.29 bits per heavy atom. The van der Waals surface area contributed by atoms with Crippen molar-refractivity contribution < 1.29 is 14.3 Å². The molecule has 14 heavy (non-hydrogen) atoms. The lowest BCUT2D eigenvalue weighted by Crippen LogP contribution is -1.95. The average molecular weight is 217 g/mol. The molecule has 2 nitrogen and oxygen atoms in total. The molecule has 1 unspecified atom stereocenters. The van der Waals surface area contributed by atoms with Crippen LogP contribution in [-0.2, 0) is 4.79 Å². The third-order valence-corrected chi connectivity index (χ3v) is 2.35. The highest BCUT2D eigenvalue weighted by atomic mass is 35.5. The number of carbonyl (C=O) groups excluding carboxylic acids is 1. The van der Waals surface area contributed by atoms with Crippen LogP contribution in [0, 0.1) is 5.82 Å². The molecule has 1 aromatic rings. The van der Waals surface area contributed by atoms with Gasteiger partial charge in [-0.2, -0.15) is 0 Å². The predicted molar refractivity (Wildman–Crippen MR) is 52.2 cm³/mol. The maximum atomic E-state index is 13.0. The van der Waals surface area contributed by atoms with Crippen molar-refractivity contribution in [2.24, 2.45) is 0 Å². The molecule has 1 atom stereocenters. The van der Waals surface area contributed by atoms with E-state index in [-0.39, 0.29) is 10.9 Å². The molecule has 0 amide bonds. The highest BCUT2D eigenvalue weighted by Crippen LogP contribution is 2.31. The molecule has 0 fully saturated rings. The lowest BCUT2D eigenvalue weighted by atomic mass is 9.98. The number of phenolic OH excluding ortho intramolecular Hbond substituents is 1. The van der Waals surface area contributed by atoms with Crippen molar-refractivity contribution in [2.45, 2.75) is 19.3 Å². The number of rotatable bonds is 3. The lowest BCUT2D eigenvalue weighted by molar-refractivity contribution is -0.108. The fraction of sp³-hybridized carbons (Fsp3) is 0.300. The van der Waals surface area contributed by atoms with Crippen LogP contribution in [0.3, 0.4) is 0 Å². The summed E-state index contributed by atoms with van der Waals surface area (Å²) < 4.78 is 13.0. The fourth-order valence-electron chi connectivity index (χ4n) is 1.15. The van der Waals surface area contributed by atoms with E-state index in [1.807, 2.05) is 0 Å². The number of aromatic hydroxyl groups is 1. The maximum Gasteiger partial charge on any atom is 0.170 e. The second-order valence-corrected chi connectivity index (χ2v) is 3.54. The molecule has 0 saturated carbocycles. The van der Waals surface area contributed by atoms with Crippen LogP contribution in [0.15, 0.2) is 12.1 Å². The van der Waals surface area contributed by atoms with Gasteiger partial charge in [0.05, 0.1) is 5.02 Å². The standard InChI is InChI=1S/C10H10ClFO2/c1-6(2-3-13)7-4-8(11)10(14)9(12)5-7/h3-6,14H,2H2,1H3. The van der Waals surface area contributed by atoms with Gasteiger partial charge in [-0.15, -0.1) is 0 Å². The quantitative estimate of drug-likeness (QED) is 0.789. The van der Waals surface area contributed by atoms with Crippen molar-refractivity contribution in [1.29, 1.82) is 0 Å². The summed E-state index contributed by atoms with van der Waals surface area (Å²) in [6.45, 7) is 1.79. The predicted octanol–water partition coefficient (Wildman–Crippen LogP) is 2.88. The van der Waals surface area contributed by atoms with Gasteiger partial charge in [0.2, 0.25) is 0 Å². The van der Waals surface area contributed by atoms with E-state index in [0.717, 1.165) is 6.29 Å². The van der Waals surface area contributed by atoms with Crippen LogP contribution in [0.25, 0.3) is 0 Å². The molecular weight excluding hydrogens is 207 g/mol. The molecular formula is C10H10ClFO2. The summed E-state index contributed by atoms with van der Waals surface area (Å²) in [6, 6.07) is 2.66. The molecule has 1 aromatic carbocycles. The summed E-state index contributed by atoms with van der Waals surface area (Å²) in [5.41, 5.74) is 0.609. The summed E-state index contributed by atoms with van der Waals surface area (Å²) in [4.78, 5) is 10.2. The summed E-state index contributed by atoms with van der Waals surface area (Å²) in [6.07, 6.45) is 1.07. The number of aldehydes is 1. The van der Waals surface area contributed by atoms with Crippen molar-refractivity contribution in [3.05, 3.63) is 28.5 Å². The van der Waals surface area contributed by atoms with Crippen LogP contribution < -0.4 is 0 Å². The van der Waals surface area contributed by atoms with Crippen molar-refractivity contribution in [1.82, 2.24) is 0 Å². The SMILES string of the molecule is CC(CC=O)c1cc(F)c(O)c(Cl)c1. The molecule has 1 rings (SSSR count). The van der Waals surface area contributed by atoms with Crippen LogP contribution in [0.1, 0.15) is 24.8 Å². The Balaban J connectivity index is 3.05. The molecule has 0 heterocycles. The van der Waals surface area contributed by atoms with Crippen LogP contribution in [0.5, 0.6) is 5.75 Å². The van der Waals surface area contributed by atoms with Gasteiger partial charge in [0.25, 0.3) is 0 Å². The third-order valence-electron chi connectivity index (χ3n) is 2.06. The van der Waals surface area contributed by atoms with E-state index in [4.69, 9.17) is 16.7 Å². The van der Waals surface area contributed by atoms with Gasteiger partial charge >= 0.3 is 0 Å². The Hall–Kier alpha value is -1.09. The van der Waals surface area contributed by atoms with Gasteiger partial charge in [0.1, 0.15) is 6.29 Å². The maximum absolute atomic E-state index is 13.0. The Kier molecular flexibility index (Phi) is 3.47. The highest BCUT2D eigenvalue weighted by molar-refractivity contribution is 6.32. The normalized spacial score (nSPS) is 12.5. The minimum absolute atomic E-state index is 0.0299. The molecule has 0 aliphatic carbocycles. The van der Waals surface area contributed by atoms with E-state index in [9.17, 15) is 9.18 Å². The number of hydrogen-bond acceptors (Lipinski definition) is 2. The number of phenols is 1. The van der Waals surface area contributed by atoms with E-state index in [1.54, 1.807) is 6.92 Å². The summed E-state index contributed by atoms with van der Waals surface area (Å²) >= 11 is 5.59. The smallest absolute Gasteiger partial charge is 0.170 e. The average Bonchev–Trinajstić information content (AvgIpc) is 2.13. The van der Waals surface area contributed by atoms with E-state index in [1.165, 1.54) is 12.1 Å². The van der Waals surface area contributed by atoms with Gasteiger partial charge in [0, 0.05) is 6.42 Å². The Morgan fingerprint density at radius 1 is 1.64 bits per heavy atom. The molecule has 0 saturated heterocycles. The van der Waals surface area contributed by atoms with E-state index in [2.05, 4.69) is 0 Å². The van der Waals surface area contributed by atoms with Gasteiger partial charge in [0.15, 0.2) is 11.6 Å². The zero-order valence-corrected chi connectivity index (χ0v) is 8.38. The van der Waals surface area contributed by atoms with E-state index >= 15 is 0 Å². The molecule has 0 radical (unpaired) electrons. The van der Waals surface area contributed by atoms with Gasteiger partial charge in [-0.3, -0.25) is 0 Å². The van der Waals surface area contributed by atoms with E-state index in [0.29, 0.717) is 12.0 Å². The first-order chi connectivity index (χ1) is 6.56. The van der Waals surface area contributed by atoms with Gasteiger partial charge in [-0.25, -0.2) is 4.39 Å². The number of hydrogen-bond donors (Lipinski definition) is 1. The molecule has 1 N–H and O–H groups in total. The Labute approximate surface area is 86.3 Å². The first-order valence-corrected chi connectivity index (χ1v) is 4.55. The van der Waals surface area contributed by atoms with Crippen molar-refractivity contribution in [3.63, 3.8) is 0 Å². The Bertz CT molecular complexity index is 329. The zero-order valence-electron chi connectivity index (χ0n) is 7.63. The number of carbonyl (C=O) groups is 1. The summed E-state index contributed by atoms with van der Waals surface area (Å²) in [7, 11) is 0. The monoisotopic (exact) mass is 216 g/mol. The zero-order chi connectivity index (χ0) is 10.7. The van der Waals surface area contributed by atoms with Crippen molar-refractivity contribution in [2.75, 3.05) is 0 Å². The minimum Gasteiger partial charge on any atom is -0.504 e. The van der Waals surface area contributed by atoms with Gasteiger partial charge < -0.3 is 9.90 Å². The largest absolute Gasteiger partial charge is 0.504 e. The van der Waals surface area contributed by atoms with Gasteiger partial charge in [-0.05, 0) is 23.6 Å². The van der Waals surface area contributed by atoms with Crippen molar-refractivity contribution >= 4 is 17.9 Å². The molecule has 0 aliphatic heterocycles. The topological polar surface area (TPSA) is 37.3 Å².